The Bertz CT molecular complexity index is 1250. The number of ether oxygens (including phenoxy) is 1. The smallest absolute Gasteiger partial charge is 0.101 e. The quantitative estimate of drug-likeness (QED) is 0.549. The van der Waals surface area contributed by atoms with Gasteiger partial charge in [0.2, 0.25) is 0 Å². The molecule has 0 bridgehead atoms. The number of benzene rings is 1. The number of anilines is 2. The molecule has 8 heteroatoms. The summed E-state index contributed by atoms with van der Waals surface area (Å²) in [4.78, 5) is 13.6. The molecule has 2 N–H and O–H groups in total. The van der Waals surface area contributed by atoms with E-state index in [-0.39, 0.29) is 18.8 Å². The molecule has 0 radical (unpaired) electrons. The zero-order valence-corrected chi connectivity index (χ0v) is 21.0. The molecule has 0 aliphatic carbocycles. The van der Waals surface area contributed by atoms with E-state index >= 15 is 0 Å². The van der Waals surface area contributed by atoms with Gasteiger partial charge in [-0.15, -0.1) is 0 Å². The molecule has 4 heterocycles. The first-order valence-corrected chi connectivity index (χ1v) is 12.8. The van der Waals surface area contributed by atoms with Crippen LogP contribution in [0.4, 0.5) is 11.4 Å². The van der Waals surface area contributed by atoms with Crippen molar-refractivity contribution >= 4 is 22.3 Å². The first kappa shape index (κ1) is 24.4. The summed E-state index contributed by atoms with van der Waals surface area (Å²) >= 11 is 0. The van der Waals surface area contributed by atoms with Gasteiger partial charge in [-0.05, 0) is 63.1 Å². The van der Waals surface area contributed by atoms with Gasteiger partial charge >= 0.3 is 0 Å². The van der Waals surface area contributed by atoms with Crippen LogP contribution < -0.4 is 15.1 Å². The molecule has 0 amide bonds. The maximum atomic E-state index is 9.48. The highest BCUT2D eigenvalue weighted by Gasteiger charge is 2.28. The lowest BCUT2D eigenvalue weighted by molar-refractivity contribution is -0.0161. The lowest BCUT2D eigenvalue weighted by atomic mass is 10.0. The zero-order chi connectivity index (χ0) is 25.1. The lowest BCUT2D eigenvalue weighted by Gasteiger charge is -2.40. The van der Waals surface area contributed by atoms with E-state index in [4.69, 9.17) is 4.74 Å². The second kappa shape index (κ2) is 10.8. The normalized spacial score (nSPS) is 21.1. The summed E-state index contributed by atoms with van der Waals surface area (Å²) in [5, 5.41) is 23.7. The van der Waals surface area contributed by atoms with Gasteiger partial charge < -0.3 is 25.0 Å². The van der Waals surface area contributed by atoms with Crippen molar-refractivity contribution < 1.29 is 9.84 Å². The molecule has 0 unspecified atom stereocenters. The SMILES string of the molecule is Cc1cc(N2CCC(NC[C@H]3CN(c4ccc(C#N)c5ncccc45)C[C@@H](C)O3)CC2)cc(CO)n1. The number of fused-ring (bicyclic) bond motifs is 1. The Hall–Kier alpha value is -3.25. The van der Waals surface area contributed by atoms with Gasteiger partial charge in [0.15, 0.2) is 0 Å². The van der Waals surface area contributed by atoms with Gasteiger partial charge in [0.1, 0.15) is 6.07 Å². The number of pyridine rings is 2. The minimum atomic E-state index is -0.0295. The van der Waals surface area contributed by atoms with Crippen LogP contribution in [0.2, 0.25) is 0 Å². The molecule has 2 aromatic heterocycles. The van der Waals surface area contributed by atoms with Gasteiger partial charge in [-0.1, -0.05) is 0 Å². The van der Waals surface area contributed by atoms with Gasteiger partial charge in [-0.2, -0.15) is 5.26 Å². The number of nitriles is 1. The van der Waals surface area contributed by atoms with Gasteiger partial charge in [0.25, 0.3) is 0 Å². The molecule has 36 heavy (non-hydrogen) atoms. The summed E-state index contributed by atoms with van der Waals surface area (Å²) in [6, 6.07) is 14.7. The molecule has 3 aromatic rings. The van der Waals surface area contributed by atoms with Crippen molar-refractivity contribution in [2.75, 3.05) is 42.5 Å². The van der Waals surface area contributed by atoms with Crippen molar-refractivity contribution in [2.45, 2.75) is 51.5 Å². The molecule has 2 atom stereocenters. The second-order valence-corrected chi connectivity index (χ2v) is 9.90. The summed E-state index contributed by atoms with van der Waals surface area (Å²) in [5.74, 6) is 0. The van der Waals surface area contributed by atoms with Gasteiger partial charge in [0, 0.05) is 67.4 Å². The Kier molecular flexibility index (Phi) is 7.33. The Balaban J connectivity index is 1.20. The Morgan fingerprint density at radius 3 is 2.78 bits per heavy atom. The number of morpholine rings is 1. The highest BCUT2D eigenvalue weighted by atomic mass is 16.5. The summed E-state index contributed by atoms with van der Waals surface area (Å²) < 4.78 is 6.30. The Morgan fingerprint density at radius 2 is 2.00 bits per heavy atom. The topological polar surface area (TPSA) is 97.5 Å². The monoisotopic (exact) mass is 486 g/mol. The number of piperidine rings is 1. The van der Waals surface area contributed by atoms with E-state index in [9.17, 15) is 10.4 Å². The van der Waals surface area contributed by atoms with Crippen LogP contribution in [0.1, 0.15) is 36.7 Å². The molecule has 8 nitrogen and oxygen atoms in total. The predicted molar refractivity (Wildman–Crippen MR) is 141 cm³/mol. The highest BCUT2D eigenvalue weighted by molar-refractivity contribution is 5.95. The van der Waals surface area contributed by atoms with Crippen LogP contribution in [0.5, 0.6) is 0 Å². The van der Waals surface area contributed by atoms with Crippen LogP contribution in [0.15, 0.2) is 42.6 Å². The van der Waals surface area contributed by atoms with Crippen LogP contribution in [-0.2, 0) is 11.3 Å². The summed E-state index contributed by atoms with van der Waals surface area (Å²) in [7, 11) is 0. The second-order valence-electron chi connectivity index (χ2n) is 9.90. The number of aryl methyl sites for hydroxylation is 1. The average molecular weight is 487 g/mol. The van der Waals surface area contributed by atoms with Crippen LogP contribution in [-0.4, -0.2) is 66.0 Å². The predicted octanol–water partition coefficient (Wildman–Crippen LogP) is 3.15. The van der Waals surface area contributed by atoms with E-state index in [1.165, 1.54) is 0 Å². The molecular formula is C28H34N6O2. The third kappa shape index (κ3) is 5.29. The van der Waals surface area contributed by atoms with E-state index in [1.54, 1.807) is 6.20 Å². The first-order chi connectivity index (χ1) is 17.5. The summed E-state index contributed by atoms with van der Waals surface area (Å²) in [6.07, 6.45) is 4.07. The van der Waals surface area contributed by atoms with Gasteiger partial charge in [0.05, 0.1) is 35.6 Å². The van der Waals surface area contributed by atoms with Gasteiger partial charge in [-0.25, -0.2) is 0 Å². The fourth-order valence-electron chi connectivity index (χ4n) is 5.50. The number of nitrogens with one attached hydrogen (secondary N) is 1. The number of rotatable bonds is 6. The molecule has 2 aliphatic rings. The maximum Gasteiger partial charge on any atom is 0.101 e. The third-order valence-electron chi connectivity index (χ3n) is 7.18. The first-order valence-electron chi connectivity index (χ1n) is 12.8. The Morgan fingerprint density at radius 1 is 1.17 bits per heavy atom. The number of aliphatic hydroxyl groups excluding tert-OH is 1. The van der Waals surface area contributed by atoms with Crippen molar-refractivity contribution in [2.24, 2.45) is 0 Å². The standard InChI is InChI=1S/C28H34N6O2/c1-19-12-24(13-23(18-35)32-19)33-10-7-22(8-11-33)31-15-25-17-34(16-20(2)36-25)27-6-5-21(14-29)28-26(27)4-3-9-30-28/h3-6,9,12-13,20,22,25,31,35H,7-8,10-11,15-18H2,1-2H3/t20-,25+/m1/s1. The molecule has 2 saturated heterocycles. The molecule has 188 valence electrons. The number of aromatic nitrogens is 2. The average Bonchev–Trinajstić information content (AvgIpc) is 2.91. The fraction of sp³-hybridized carbons (Fsp3) is 0.464. The van der Waals surface area contributed by atoms with Crippen molar-refractivity contribution in [3.63, 3.8) is 0 Å². The number of hydrogen-bond acceptors (Lipinski definition) is 8. The zero-order valence-electron chi connectivity index (χ0n) is 21.0. The Labute approximate surface area is 212 Å². The maximum absolute atomic E-state index is 9.48. The fourth-order valence-corrected chi connectivity index (χ4v) is 5.50. The lowest BCUT2D eigenvalue weighted by Crippen LogP contribution is -2.52. The minimum absolute atomic E-state index is 0.0295. The third-order valence-corrected chi connectivity index (χ3v) is 7.18. The van der Waals surface area contributed by atoms with Crippen molar-refractivity contribution in [1.29, 1.82) is 5.26 Å². The van der Waals surface area contributed by atoms with E-state index in [1.807, 2.05) is 37.3 Å². The number of nitrogens with zero attached hydrogens (tertiary/aromatic N) is 5. The minimum Gasteiger partial charge on any atom is -0.390 e. The van der Waals surface area contributed by atoms with Crippen molar-refractivity contribution in [3.05, 3.63) is 59.5 Å². The molecule has 5 rings (SSSR count). The van der Waals surface area contributed by atoms with Crippen molar-refractivity contribution in [1.82, 2.24) is 15.3 Å². The molecule has 0 saturated carbocycles. The number of aliphatic hydroxyl groups is 1. The van der Waals surface area contributed by atoms with Crippen LogP contribution in [0.3, 0.4) is 0 Å². The van der Waals surface area contributed by atoms with Gasteiger partial charge in [-0.3, -0.25) is 9.97 Å². The van der Waals surface area contributed by atoms with Crippen LogP contribution in [0, 0.1) is 18.3 Å². The van der Waals surface area contributed by atoms with E-state index < -0.39 is 0 Å². The summed E-state index contributed by atoms with van der Waals surface area (Å²) in [6.45, 7) is 8.44. The van der Waals surface area contributed by atoms with E-state index in [2.05, 4.69) is 44.1 Å². The molecular weight excluding hydrogens is 452 g/mol. The highest BCUT2D eigenvalue weighted by Crippen LogP contribution is 2.30. The summed E-state index contributed by atoms with van der Waals surface area (Å²) in [5.41, 5.74) is 5.29. The van der Waals surface area contributed by atoms with Crippen molar-refractivity contribution in [3.8, 4) is 6.07 Å². The number of hydrogen-bond donors (Lipinski definition) is 2. The molecule has 1 aromatic carbocycles. The molecule has 0 spiro atoms. The van der Waals surface area contributed by atoms with E-state index in [0.29, 0.717) is 11.6 Å². The van der Waals surface area contributed by atoms with Crippen LogP contribution >= 0.6 is 0 Å². The largest absolute Gasteiger partial charge is 0.390 e. The van der Waals surface area contributed by atoms with Crippen LogP contribution in [0.25, 0.3) is 10.9 Å². The molecule has 2 aliphatic heterocycles. The molecule has 2 fully saturated rings. The van der Waals surface area contributed by atoms with E-state index in [0.717, 1.165) is 79.2 Å².